The summed E-state index contributed by atoms with van der Waals surface area (Å²) in [4.78, 5) is 11.8. The second-order valence-corrected chi connectivity index (χ2v) is 9.79. The van der Waals surface area contributed by atoms with E-state index in [0.717, 1.165) is 12.5 Å². The number of hydrogen-bond donors (Lipinski definition) is 1. The van der Waals surface area contributed by atoms with E-state index in [0.29, 0.717) is 6.42 Å². The molecule has 108 valence electrons. The molecular formula is C10H21NO5S2. The van der Waals surface area contributed by atoms with Crippen LogP contribution >= 0.6 is 0 Å². The Bertz CT molecular complexity index is 472. The molecule has 0 spiro atoms. The van der Waals surface area contributed by atoms with E-state index in [1.165, 1.54) is 0 Å². The van der Waals surface area contributed by atoms with Crippen molar-refractivity contribution in [1.82, 2.24) is 5.32 Å². The van der Waals surface area contributed by atoms with Gasteiger partial charge in [0.2, 0.25) is 5.91 Å². The summed E-state index contributed by atoms with van der Waals surface area (Å²) in [6, 6.07) is 0. The highest BCUT2D eigenvalue weighted by atomic mass is 32.3. The van der Waals surface area contributed by atoms with Crippen molar-refractivity contribution in [3.8, 4) is 0 Å². The van der Waals surface area contributed by atoms with E-state index in [9.17, 15) is 21.6 Å². The van der Waals surface area contributed by atoms with Crippen LogP contribution < -0.4 is 5.32 Å². The van der Waals surface area contributed by atoms with Gasteiger partial charge in [0.15, 0.2) is 24.3 Å². The highest BCUT2D eigenvalue weighted by molar-refractivity contribution is 8.08. The number of amides is 1. The smallest absolute Gasteiger partial charge is 0.225 e. The summed E-state index contributed by atoms with van der Waals surface area (Å²) < 4.78 is 43.9. The van der Waals surface area contributed by atoms with Gasteiger partial charge in [-0.15, -0.1) is 0 Å². The van der Waals surface area contributed by atoms with Crippen LogP contribution in [0.25, 0.3) is 0 Å². The van der Waals surface area contributed by atoms with Crippen LogP contribution in [0, 0.1) is 5.41 Å². The lowest BCUT2D eigenvalue weighted by atomic mass is 9.89. The van der Waals surface area contributed by atoms with Crippen LogP contribution in [-0.2, 0) is 24.5 Å². The van der Waals surface area contributed by atoms with Crippen LogP contribution in [0.2, 0.25) is 0 Å². The minimum atomic E-state index is -3.77. The molecule has 0 unspecified atom stereocenters. The van der Waals surface area contributed by atoms with Gasteiger partial charge >= 0.3 is 0 Å². The number of carbonyl (C=O) groups excluding carboxylic acids is 1. The molecular weight excluding hydrogens is 278 g/mol. The summed E-state index contributed by atoms with van der Waals surface area (Å²) >= 11 is 0. The van der Waals surface area contributed by atoms with Crippen molar-refractivity contribution >= 4 is 25.6 Å². The lowest BCUT2D eigenvalue weighted by Crippen LogP contribution is -2.45. The number of nitrogens with one attached hydrogen (secondary N) is 1. The van der Waals surface area contributed by atoms with E-state index in [2.05, 4.69) is 5.32 Å². The summed E-state index contributed by atoms with van der Waals surface area (Å²) in [6.07, 6.45) is 2.26. The number of carbonyl (C=O) groups is 1. The molecule has 0 rings (SSSR count). The average molecular weight is 299 g/mol. The first-order valence-electron chi connectivity index (χ1n) is 5.48. The van der Waals surface area contributed by atoms with Crippen LogP contribution in [0.5, 0.6) is 0 Å². The molecule has 0 fully saturated rings. The molecule has 0 radical (unpaired) electrons. The van der Waals surface area contributed by atoms with Crippen LogP contribution in [0.3, 0.4) is 0 Å². The minimum absolute atomic E-state index is 0.359. The van der Waals surface area contributed by atoms with Crippen molar-refractivity contribution in [3.63, 3.8) is 0 Å². The Morgan fingerprint density at radius 2 is 1.50 bits per heavy atom. The fraction of sp³-hybridized carbons (Fsp3) is 0.900. The largest absolute Gasteiger partial charge is 0.353 e. The van der Waals surface area contributed by atoms with Crippen molar-refractivity contribution < 1.29 is 21.6 Å². The molecule has 18 heavy (non-hydrogen) atoms. The predicted octanol–water partition coefficient (Wildman–Crippen LogP) is -0.0459. The normalized spacial score (nSPS) is 13.7. The third kappa shape index (κ3) is 4.93. The van der Waals surface area contributed by atoms with Gasteiger partial charge in [0.05, 0.1) is 0 Å². The first kappa shape index (κ1) is 17.4. The molecule has 0 atom stereocenters. The van der Waals surface area contributed by atoms with Crippen LogP contribution in [0.1, 0.15) is 27.2 Å². The quantitative estimate of drug-likeness (QED) is 0.742. The van der Waals surface area contributed by atoms with Crippen molar-refractivity contribution in [2.75, 3.05) is 19.1 Å². The van der Waals surface area contributed by atoms with E-state index < -0.39 is 36.2 Å². The van der Waals surface area contributed by atoms with Crippen molar-refractivity contribution in [2.24, 2.45) is 5.41 Å². The second kappa shape index (κ2) is 5.56. The first-order valence-corrected chi connectivity index (χ1v) is 9.39. The second-order valence-electron chi connectivity index (χ2n) is 5.04. The predicted molar refractivity (Wildman–Crippen MR) is 70.6 cm³/mol. The molecule has 1 N–H and O–H groups in total. The Morgan fingerprint density at radius 1 is 1.11 bits per heavy atom. The Kier molecular flexibility index (Phi) is 5.37. The lowest BCUT2D eigenvalue weighted by molar-refractivity contribution is -0.129. The van der Waals surface area contributed by atoms with Crippen molar-refractivity contribution in [2.45, 2.75) is 31.8 Å². The monoisotopic (exact) mass is 299 g/mol. The van der Waals surface area contributed by atoms with Gasteiger partial charge in [-0.3, -0.25) is 4.79 Å². The van der Waals surface area contributed by atoms with Crippen molar-refractivity contribution in [3.05, 3.63) is 0 Å². The van der Waals surface area contributed by atoms with Gasteiger partial charge in [-0.05, 0) is 6.42 Å². The molecule has 6 nitrogen and oxygen atoms in total. The molecule has 0 aliphatic rings. The van der Waals surface area contributed by atoms with Gasteiger partial charge in [-0.25, -0.2) is 16.8 Å². The first-order chi connectivity index (χ1) is 7.82. The number of rotatable bonds is 6. The van der Waals surface area contributed by atoms with E-state index in [1.54, 1.807) is 13.8 Å². The molecule has 0 aromatic heterocycles. The molecule has 0 aliphatic heterocycles. The third-order valence-corrected chi connectivity index (χ3v) is 7.22. The summed E-state index contributed by atoms with van der Waals surface area (Å²) in [5.41, 5.74) is -0.653. The highest BCUT2D eigenvalue weighted by Crippen LogP contribution is 2.19. The van der Waals surface area contributed by atoms with Gasteiger partial charge in [0.1, 0.15) is 0 Å². The van der Waals surface area contributed by atoms with Gasteiger partial charge in [0.25, 0.3) is 0 Å². The number of hydrogen-bond acceptors (Lipinski definition) is 5. The number of sulfone groups is 2. The van der Waals surface area contributed by atoms with Gasteiger partial charge in [-0.2, -0.15) is 0 Å². The highest BCUT2D eigenvalue weighted by Gasteiger charge is 2.33. The molecule has 0 aliphatic carbocycles. The summed E-state index contributed by atoms with van der Waals surface area (Å²) in [5.74, 6) is -0.359. The van der Waals surface area contributed by atoms with Gasteiger partial charge in [0, 0.05) is 24.5 Å². The Balaban J connectivity index is 4.94. The molecule has 1 amide bonds. The fourth-order valence-corrected chi connectivity index (χ4v) is 4.51. The zero-order chi connectivity index (χ0) is 14.8. The maximum Gasteiger partial charge on any atom is 0.225 e. The molecule has 0 saturated carbocycles. The Morgan fingerprint density at radius 3 is 1.78 bits per heavy atom. The van der Waals surface area contributed by atoms with Gasteiger partial charge < -0.3 is 5.32 Å². The van der Waals surface area contributed by atoms with Crippen LogP contribution in [-0.4, -0.2) is 46.4 Å². The molecule has 8 heteroatoms. The maximum atomic E-state index is 11.8. The van der Waals surface area contributed by atoms with E-state index in [-0.39, 0.29) is 5.91 Å². The van der Waals surface area contributed by atoms with Crippen LogP contribution in [0.4, 0.5) is 0 Å². The fourth-order valence-electron chi connectivity index (χ4n) is 1.20. The lowest BCUT2D eigenvalue weighted by Gasteiger charge is -2.23. The standard InChI is InChI=1S/C10H21NO5S2/c1-6-10(2,3)9(12)11-7-8(17(4,13)14)18(5,15)16/h8H,6-7H2,1-5H3,(H,11,12). The Hall–Kier alpha value is -0.630. The average Bonchev–Trinajstić information content (AvgIpc) is 2.13. The van der Waals surface area contributed by atoms with E-state index in [1.807, 2.05) is 6.92 Å². The topological polar surface area (TPSA) is 97.4 Å². The van der Waals surface area contributed by atoms with Crippen LogP contribution in [0.15, 0.2) is 0 Å². The minimum Gasteiger partial charge on any atom is -0.353 e. The Labute approximate surface area is 109 Å². The zero-order valence-electron chi connectivity index (χ0n) is 11.3. The summed E-state index contributed by atoms with van der Waals surface area (Å²) in [6.45, 7) is 4.82. The van der Waals surface area contributed by atoms with E-state index in [4.69, 9.17) is 0 Å². The third-order valence-electron chi connectivity index (χ3n) is 2.88. The van der Waals surface area contributed by atoms with E-state index >= 15 is 0 Å². The SMILES string of the molecule is CCC(C)(C)C(=O)NCC(S(C)(=O)=O)S(C)(=O)=O. The van der Waals surface area contributed by atoms with Gasteiger partial charge in [-0.1, -0.05) is 20.8 Å². The molecule has 0 heterocycles. The summed E-state index contributed by atoms with van der Waals surface area (Å²) in [7, 11) is -7.55. The molecule has 0 aromatic carbocycles. The summed E-state index contributed by atoms with van der Waals surface area (Å²) in [5, 5.41) is 2.39. The molecule has 0 bridgehead atoms. The zero-order valence-corrected chi connectivity index (χ0v) is 13.0. The van der Waals surface area contributed by atoms with Crippen molar-refractivity contribution in [1.29, 1.82) is 0 Å². The maximum absolute atomic E-state index is 11.8. The molecule has 0 aromatic rings. The molecule has 0 saturated heterocycles.